The van der Waals surface area contributed by atoms with Crippen molar-refractivity contribution in [3.05, 3.63) is 57.8 Å². The van der Waals surface area contributed by atoms with Gasteiger partial charge < -0.3 is 19.3 Å². The molecule has 3 aliphatic rings. The highest BCUT2D eigenvalue weighted by atomic mass is 32.1. The number of rotatable bonds is 2. The Morgan fingerprint density at radius 2 is 1.83 bits per heavy atom. The molecule has 2 atom stereocenters. The van der Waals surface area contributed by atoms with Crippen molar-refractivity contribution in [2.45, 2.75) is 30.6 Å². The van der Waals surface area contributed by atoms with Crippen LogP contribution in [0.1, 0.15) is 45.6 Å². The number of thiophene rings is 1. The maximum atomic E-state index is 13.8. The lowest BCUT2D eigenvalue weighted by molar-refractivity contribution is -0.188. The molecule has 152 valence electrons. The van der Waals surface area contributed by atoms with Gasteiger partial charge in [-0.2, -0.15) is 0 Å². The van der Waals surface area contributed by atoms with Gasteiger partial charge in [-0.05, 0) is 23.1 Å². The summed E-state index contributed by atoms with van der Waals surface area (Å²) < 4.78 is 11.6. The molecule has 7 heteroatoms. The van der Waals surface area contributed by atoms with Crippen molar-refractivity contribution < 1.29 is 19.1 Å². The largest absolute Gasteiger partial charge is 0.347 e. The summed E-state index contributed by atoms with van der Waals surface area (Å²) in [4.78, 5) is 31.5. The van der Waals surface area contributed by atoms with Gasteiger partial charge >= 0.3 is 0 Å². The first-order valence-corrected chi connectivity index (χ1v) is 10.9. The van der Waals surface area contributed by atoms with Gasteiger partial charge in [0.2, 0.25) is 5.91 Å². The molecular formula is C22H24N2O4S. The maximum absolute atomic E-state index is 13.8. The quantitative estimate of drug-likeness (QED) is 0.761. The number of carbonyl (C=O) groups excluding carboxylic acids is 2. The maximum Gasteiger partial charge on any atom is 0.254 e. The predicted octanol–water partition coefficient (Wildman–Crippen LogP) is 3.02. The number of hydrogen-bond donors (Lipinski definition) is 0. The zero-order valence-electron chi connectivity index (χ0n) is 16.4. The average Bonchev–Trinajstić information content (AvgIpc) is 3.43. The lowest BCUT2D eigenvalue weighted by Gasteiger charge is -2.43. The Morgan fingerprint density at radius 3 is 2.52 bits per heavy atom. The Bertz CT molecular complexity index is 913. The summed E-state index contributed by atoms with van der Waals surface area (Å²) in [6, 6.07) is 11.2. The van der Waals surface area contributed by atoms with Gasteiger partial charge in [0.05, 0.1) is 25.2 Å². The molecule has 0 unspecified atom stereocenters. The van der Waals surface area contributed by atoms with Crippen molar-refractivity contribution in [3.8, 4) is 0 Å². The van der Waals surface area contributed by atoms with Crippen LogP contribution in [-0.2, 0) is 14.3 Å². The van der Waals surface area contributed by atoms with Crippen molar-refractivity contribution in [1.29, 1.82) is 0 Å². The van der Waals surface area contributed by atoms with Crippen LogP contribution in [0.2, 0.25) is 0 Å². The number of likely N-dealkylation sites (tertiary alicyclic amines) is 1. The second kappa shape index (κ2) is 7.23. The minimum Gasteiger partial charge on any atom is -0.347 e. The number of piperidine rings is 1. The van der Waals surface area contributed by atoms with E-state index >= 15 is 0 Å². The molecule has 0 saturated carbocycles. The van der Waals surface area contributed by atoms with Crippen molar-refractivity contribution in [3.63, 3.8) is 0 Å². The van der Waals surface area contributed by atoms with Crippen LogP contribution in [0.25, 0.3) is 0 Å². The highest BCUT2D eigenvalue weighted by Gasteiger charge is 2.47. The van der Waals surface area contributed by atoms with E-state index in [1.165, 1.54) is 0 Å². The summed E-state index contributed by atoms with van der Waals surface area (Å²) in [6.45, 7) is 2.45. The molecule has 4 heterocycles. The number of hydrogen-bond acceptors (Lipinski definition) is 5. The molecule has 5 rings (SSSR count). The number of fused-ring (bicyclic) bond motifs is 1. The average molecular weight is 413 g/mol. The first-order valence-electron chi connectivity index (χ1n) is 10.1. The molecule has 6 nitrogen and oxygen atoms in total. The van der Waals surface area contributed by atoms with Gasteiger partial charge in [-0.3, -0.25) is 9.59 Å². The second-order valence-electron chi connectivity index (χ2n) is 7.87. The number of nitrogens with zero attached hydrogens (tertiary/aromatic N) is 2. The number of benzene rings is 1. The summed E-state index contributed by atoms with van der Waals surface area (Å²) in [5.41, 5.74) is 1.45. The van der Waals surface area contributed by atoms with Crippen molar-refractivity contribution in [1.82, 2.24) is 9.80 Å². The molecule has 2 amide bonds. The zero-order chi connectivity index (χ0) is 20.0. The number of carbonyl (C=O) groups is 2. The molecule has 0 aliphatic carbocycles. The molecule has 2 fully saturated rings. The topological polar surface area (TPSA) is 59.1 Å². The fourth-order valence-electron chi connectivity index (χ4n) is 4.81. The highest BCUT2D eigenvalue weighted by Crippen LogP contribution is 2.45. The molecular weight excluding hydrogens is 388 g/mol. The standard InChI is InChI=1S/C22H24N2O4S/c1-23-19(17-7-4-14-29-17)18(15-5-2-3-6-16(15)20(23)25)21(26)24-10-8-22(9-11-24)27-12-13-28-22/h2-7,14,18-19H,8-13H2,1H3/t18-,19-/m1/s1. The third-order valence-corrected chi connectivity index (χ3v) is 7.27. The van der Waals surface area contributed by atoms with E-state index in [1.54, 1.807) is 23.3 Å². The lowest BCUT2D eigenvalue weighted by Crippen LogP contribution is -2.51. The molecule has 2 saturated heterocycles. The smallest absolute Gasteiger partial charge is 0.254 e. The number of likely N-dealkylation sites (N-methyl/N-ethyl adjacent to an activating group) is 1. The molecule has 0 bridgehead atoms. The summed E-state index contributed by atoms with van der Waals surface area (Å²) >= 11 is 1.59. The van der Waals surface area contributed by atoms with Gasteiger partial charge in [0, 0.05) is 43.4 Å². The lowest BCUT2D eigenvalue weighted by atomic mass is 9.81. The first-order chi connectivity index (χ1) is 14.1. The van der Waals surface area contributed by atoms with Gasteiger partial charge in [0.25, 0.3) is 5.91 Å². The summed E-state index contributed by atoms with van der Waals surface area (Å²) in [5, 5.41) is 2.00. The van der Waals surface area contributed by atoms with Gasteiger partial charge in [0.15, 0.2) is 5.79 Å². The molecule has 1 spiro atoms. The first kappa shape index (κ1) is 18.8. The Balaban J connectivity index is 1.49. The van der Waals surface area contributed by atoms with Gasteiger partial charge in [-0.25, -0.2) is 0 Å². The highest BCUT2D eigenvalue weighted by molar-refractivity contribution is 7.10. The third-order valence-electron chi connectivity index (χ3n) is 6.33. The van der Waals surface area contributed by atoms with Crippen molar-refractivity contribution >= 4 is 23.2 Å². The molecule has 29 heavy (non-hydrogen) atoms. The predicted molar refractivity (Wildman–Crippen MR) is 109 cm³/mol. The summed E-state index contributed by atoms with van der Waals surface area (Å²) in [6.07, 6.45) is 1.37. The third kappa shape index (κ3) is 3.08. The van der Waals surface area contributed by atoms with Crippen molar-refractivity contribution in [2.75, 3.05) is 33.4 Å². The second-order valence-corrected chi connectivity index (χ2v) is 8.85. The molecule has 0 radical (unpaired) electrons. The SMILES string of the molecule is CN1C(=O)c2ccccc2[C@@H](C(=O)N2CCC3(CC2)OCCO3)[C@H]1c1cccs1. The van der Waals surface area contributed by atoms with E-state index in [1.807, 2.05) is 46.7 Å². The van der Waals surface area contributed by atoms with Crippen LogP contribution < -0.4 is 0 Å². The molecule has 2 aromatic rings. The van der Waals surface area contributed by atoms with Crippen LogP contribution in [0.15, 0.2) is 41.8 Å². The van der Waals surface area contributed by atoms with E-state index in [0.717, 1.165) is 10.4 Å². The Hall–Kier alpha value is -2.22. The van der Waals surface area contributed by atoms with E-state index in [9.17, 15) is 9.59 Å². The van der Waals surface area contributed by atoms with E-state index in [4.69, 9.17) is 9.47 Å². The molecule has 3 aliphatic heterocycles. The van der Waals surface area contributed by atoms with Gasteiger partial charge in [0.1, 0.15) is 0 Å². The Kier molecular flexibility index (Phi) is 4.69. The normalized spacial score (nSPS) is 26.0. The van der Waals surface area contributed by atoms with Crippen LogP contribution in [-0.4, -0.2) is 60.8 Å². The minimum absolute atomic E-state index is 0.0339. The van der Waals surface area contributed by atoms with Crippen LogP contribution in [0.3, 0.4) is 0 Å². The zero-order valence-corrected chi connectivity index (χ0v) is 17.2. The number of amides is 2. The van der Waals surface area contributed by atoms with E-state index in [2.05, 4.69) is 0 Å². The van der Waals surface area contributed by atoms with Gasteiger partial charge in [-0.15, -0.1) is 11.3 Å². The Labute approximate surface area is 174 Å². The summed E-state index contributed by atoms with van der Waals surface area (Å²) in [5.74, 6) is -0.885. The molecule has 1 aromatic carbocycles. The summed E-state index contributed by atoms with van der Waals surface area (Å²) in [7, 11) is 1.80. The van der Waals surface area contributed by atoms with Crippen LogP contribution in [0, 0.1) is 0 Å². The minimum atomic E-state index is -0.513. The van der Waals surface area contributed by atoms with E-state index in [0.29, 0.717) is 44.7 Å². The monoisotopic (exact) mass is 412 g/mol. The van der Waals surface area contributed by atoms with Crippen molar-refractivity contribution in [2.24, 2.45) is 0 Å². The molecule has 0 N–H and O–H groups in total. The van der Waals surface area contributed by atoms with E-state index < -0.39 is 11.7 Å². The van der Waals surface area contributed by atoms with Crippen LogP contribution in [0.4, 0.5) is 0 Å². The fraction of sp³-hybridized carbons (Fsp3) is 0.455. The Morgan fingerprint density at radius 1 is 1.10 bits per heavy atom. The van der Waals surface area contributed by atoms with Gasteiger partial charge in [-0.1, -0.05) is 24.3 Å². The molecule has 1 aromatic heterocycles. The number of ether oxygens (including phenoxy) is 2. The van der Waals surface area contributed by atoms with E-state index in [-0.39, 0.29) is 17.9 Å². The van der Waals surface area contributed by atoms with Crippen LogP contribution in [0.5, 0.6) is 0 Å². The van der Waals surface area contributed by atoms with Crippen LogP contribution >= 0.6 is 11.3 Å². The fourth-order valence-corrected chi connectivity index (χ4v) is 5.71.